The molecule has 2 aromatic rings. The zero-order valence-corrected chi connectivity index (χ0v) is 14.5. The lowest BCUT2D eigenvalue weighted by Gasteiger charge is -2.34. The molecule has 0 radical (unpaired) electrons. The van der Waals surface area contributed by atoms with Crippen LogP contribution >= 0.6 is 0 Å². The summed E-state index contributed by atoms with van der Waals surface area (Å²) in [6, 6.07) is -0.179. The largest absolute Gasteiger partial charge is 0.361 e. The predicted octanol–water partition coefficient (Wildman–Crippen LogP) is 1.25. The van der Waals surface area contributed by atoms with Gasteiger partial charge >= 0.3 is 0 Å². The maximum atomic E-state index is 12.1. The van der Waals surface area contributed by atoms with Crippen LogP contribution in [-0.4, -0.2) is 46.3 Å². The van der Waals surface area contributed by atoms with E-state index < -0.39 is 9.84 Å². The first kappa shape index (κ1) is 16.2. The summed E-state index contributed by atoms with van der Waals surface area (Å²) in [5.74, 6) is 1.13. The Morgan fingerprint density at radius 1 is 1.43 bits per heavy atom. The van der Waals surface area contributed by atoms with Crippen LogP contribution in [0.4, 0.5) is 0 Å². The molecule has 1 atom stereocenters. The van der Waals surface area contributed by atoms with E-state index in [4.69, 9.17) is 4.52 Å². The van der Waals surface area contributed by atoms with Crippen molar-refractivity contribution in [2.45, 2.75) is 32.9 Å². The minimum absolute atomic E-state index is 0.129. The van der Waals surface area contributed by atoms with Crippen LogP contribution in [-0.2, 0) is 29.9 Å². The molecule has 1 aliphatic rings. The molecule has 0 saturated carbocycles. The van der Waals surface area contributed by atoms with Crippen LogP contribution in [0.3, 0.4) is 0 Å². The fourth-order valence-electron chi connectivity index (χ4n) is 3.07. The Bertz CT molecular complexity index is 794. The van der Waals surface area contributed by atoms with E-state index in [1.807, 2.05) is 27.1 Å². The molecule has 7 nitrogen and oxygen atoms in total. The summed E-state index contributed by atoms with van der Waals surface area (Å²) in [5.41, 5.74) is 2.95. The highest BCUT2D eigenvalue weighted by Gasteiger charge is 2.34. The van der Waals surface area contributed by atoms with E-state index in [-0.39, 0.29) is 17.5 Å². The summed E-state index contributed by atoms with van der Waals surface area (Å²) in [4.78, 5) is 2.19. The maximum absolute atomic E-state index is 12.1. The number of hydrogen-bond acceptors (Lipinski definition) is 6. The van der Waals surface area contributed by atoms with E-state index in [1.165, 1.54) is 0 Å². The lowest BCUT2D eigenvalue weighted by Crippen LogP contribution is -2.42. The fourth-order valence-corrected chi connectivity index (χ4v) is 4.63. The van der Waals surface area contributed by atoms with Crippen molar-refractivity contribution in [3.63, 3.8) is 0 Å². The third-order valence-electron chi connectivity index (χ3n) is 4.41. The minimum atomic E-state index is -3.03. The molecule has 126 valence electrons. The Labute approximate surface area is 136 Å². The van der Waals surface area contributed by atoms with E-state index in [0.29, 0.717) is 13.1 Å². The van der Waals surface area contributed by atoms with Gasteiger partial charge in [0.05, 0.1) is 29.4 Å². The van der Waals surface area contributed by atoms with Crippen molar-refractivity contribution in [2.24, 2.45) is 7.05 Å². The lowest BCUT2D eigenvalue weighted by atomic mass is 10.1. The molecule has 1 saturated heterocycles. The summed E-state index contributed by atoms with van der Waals surface area (Å²) in [5, 5.41) is 8.28. The van der Waals surface area contributed by atoms with Gasteiger partial charge in [0.15, 0.2) is 9.84 Å². The summed E-state index contributed by atoms with van der Waals surface area (Å²) in [7, 11) is -1.19. The molecule has 0 aliphatic carbocycles. The van der Waals surface area contributed by atoms with Crippen LogP contribution in [0, 0.1) is 6.92 Å². The molecule has 0 spiro atoms. The van der Waals surface area contributed by atoms with E-state index >= 15 is 0 Å². The molecule has 2 aromatic heterocycles. The summed E-state index contributed by atoms with van der Waals surface area (Å²) < 4.78 is 31.2. The first-order valence-electron chi connectivity index (χ1n) is 7.76. The van der Waals surface area contributed by atoms with E-state index in [9.17, 15) is 8.42 Å². The van der Waals surface area contributed by atoms with Gasteiger partial charge in [0.25, 0.3) is 0 Å². The normalized spacial score (nSPS) is 21.6. The van der Waals surface area contributed by atoms with Gasteiger partial charge in [-0.25, -0.2) is 8.42 Å². The summed E-state index contributed by atoms with van der Waals surface area (Å²) >= 11 is 0. The first-order valence-corrected chi connectivity index (χ1v) is 9.59. The van der Waals surface area contributed by atoms with Gasteiger partial charge in [0, 0.05) is 37.5 Å². The second-order valence-corrected chi connectivity index (χ2v) is 8.29. The van der Waals surface area contributed by atoms with E-state index in [0.717, 1.165) is 29.0 Å². The highest BCUT2D eigenvalue weighted by atomic mass is 32.2. The third kappa shape index (κ3) is 3.32. The first-order chi connectivity index (χ1) is 10.9. The maximum Gasteiger partial charge on any atom is 0.153 e. The Hall–Kier alpha value is -1.67. The van der Waals surface area contributed by atoms with Crippen LogP contribution in [0.15, 0.2) is 16.9 Å². The minimum Gasteiger partial charge on any atom is -0.361 e. The van der Waals surface area contributed by atoms with Gasteiger partial charge in [-0.05, 0) is 13.3 Å². The van der Waals surface area contributed by atoms with Crippen molar-refractivity contribution in [1.82, 2.24) is 19.8 Å². The number of rotatable bonds is 4. The molecule has 1 unspecified atom stereocenters. The molecule has 1 aliphatic heterocycles. The molecule has 0 N–H and O–H groups in total. The Morgan fingerprint density at radius 3 is 2.87 bits per heavy atom. The van der Waals surface area contributed by atoms with Crippen LogP contribution in [0.5, 0.6) is 0 Å². The SMILES string of the molecule is CCc1noc(C)c1CN1CCS(=O)(=O)CC1c1cnn(C)c1. The Kier molecular flexibility index (Phi) is 4.29. The Morgan fingerprint density at radius 2 is 2.22 bits per heavy atom. The van der Waals surface area contributed by atoms with Gasteiger partial charge in [-0.3, -0.25) is 9.58 Å². The van der Waals surface area contributed by atoms with Crippen molar-refractivity contribution in [3.05, 3.63) is 35.0 Å². The van der Waals surface area contributed by atoms with Gasteiger partial charge in [-0.1, -0.05) is 12.1 Å². The van der Waals surface area contributed by atoms with Crippen LogP contribution < -0.4 is 0 Å². The number of aromatic nitrogens is 3. The van der Waals surface area contributed by atoms with E-state index in [2.05, 4.69) is 15.2 Å². The van der Waals surface area contributed by atoms with Crippen LogP contribution in [0.2, 0.25) is 0 Å². The van der Waals surface area contributed by atoms with Gasteiger partial charge in [0.1, 0.15) is 5.76 Å². The Balaban J connectivity index is 1.91. The van der Waals surface area contributed by atoms with Crippen molar-refractivity contribution < 1.29 is 12.9 Å². The molecule has 0 bridgehead atoms. The smallest absolute Gasteiger partial charge is 0.153 e. The number of nitrogens with zero attached hydrogens (tertiary/aromatic N) is 4. The number of hydrogen-bond donors (Lipinski definition) is 0. The van der Waals surface area contributed by atoms with Gasteiger partial charge in [0.2, 0.25) is 0 Å². The summed E-state index contributed by atoms with van der Waals surface area (Å²) in [6.45, 7) is 5.10. The molecular formula is C15H22N4O3S. The molecule has 0 aromatic carbocycles. The predicted molar refractivity (Wildman–Crippen MR) is 85.6 cm³/mol. The average Bonchev–Trinajstić information content (AvgIpc) is 3.07. The lowest BCUT2D eigenvalue weighted by molar-refractivity contribution is 0.204. The fraction of sp³-hybridized carbons (Fsp3) is 0.600. The molecule has 3 rings (SSSR count). The van der Waals surface area contributed by atoms with Crippen LogP contribution in [0.1, 0.15) is 35.5 Å². The topological polar surface area (TPSA) is 81.2 Å². The van der Waals surface area contributed by atoms with Crippen LogP contribution in [0.25, 0.3) is 0 Å². The van der Waals surface area contributed by atoms with Crippen molar-refractivity contribution >= 4 is 9.84 Å². The van der Waals surface area contributed by atoms with Crippen molar-refractivity contribution in [1.29, 1.82) is 0 Å². The van der Waals surface area contributed by atoms with Gasteiger partial charge in [-0.2, -0.15) is 5.10 Å². The standard InChI is InChI=1S/C15H22N4O3S/c1-4-14-13(11(2)22-17-14)9-19-5-6-23(20,21)10-15(19)12-7-16-18(3)8-12/h7-8,15H,4-6,9-10H2,1-3H3. The summed E-state index contributed by atoms with van der Waals surface area (Å²) in [6.07, 6.45) is 4.44. The van der Waals surface area contributed by atoms with E-state index in [1.54, 1.807) is 10.9 Å². The molecule has 3 heterocycles. The third-order valence-corrected chi connectivity index (χ3v) is 6.04. The average molecular weight is 338 g/mol. The molecular weight excluding hydrogens is 316 g/mol. The zero-order chi connectivity index (χ0) is 16.6. The highest BCUT2D eigenvalue weighted by Crippen LogP contribution is 2.29. The molecule has 1 fully saturated rings. The van der Waals surface area contributed by atoms with Crippen molar-refractivity contribution in [3.8, 4) is 0 Å². The second-order valence-electron chi connectivity index (χ2n) is 6.07. The number of sulfone groups is 1. The molecule has 0 amide bonds. The van der Waals surface area contributed by atoms with Crippen molar-refractivity contribution in [2.75, 3.05) is 18.1 Å². The zero-order valence-electron chi connectivity index (χ0n) is 13.7. The quantitative estimate of drug-likeness (QED) is 0.834. The highest BCUT2D eigenvalue weighted by molar-refractivity contribution is 7.91. The van der Waals surface area contributed by atoms with Gasteiger partial charge < -0.3 is 4.52 Å². The number of aryl methyl sites for hydroxylation is 3. The van der Waals surface area contributed by atoms with Gasteiger partial charge in [-0.15, -0.1) is 0 Å². The molecule has 23 heavy (non-hydrogen) atoms. The second kappa shape index (κ2) is 6.09. The monoisotopic (exact) mass is 338 g/mol. The molecule has 8 heteroatoms.